The van der Waals surface area contributed by atoms with Crippen molar-refractivity contribution in [1.29, 1.82) is 0 Å². The topological polar surface area (TPSA) is 107 Å². The zero-order chi connectivity index (χ0) is 21.1. The molecule has 0 unspecified atom stereocenters. The molecule has 0 bridgehead atoms. The lowest BCUT2D eigenvalue weighted by atomic mass is 9.64. The number of carbonyl (C=O) groups is 1. The SMILES string of the molecule is O=C1CCCC[C@@]12CCCc1c(-c3nc4c(c(=O)[nH]3)CCCO[C@]43CCOC3)noc12. The van der Waals surface area contributed by atoms with Crippen LogP contribution in [-0.4, -0.2) is 40.7 Å². The van der Waals surface area contributed by atoms with E-state index < -0.39 is 11.0 Å². The number of aromatic nitrogens is 3. The van der Waals surface area contributed by atoms with Crippen LogP contribution in [0, 0.1) is 0 Å². The summed E-state index contributed by atoms with van der Waals surface area (Å²) in [5, 5.41) is 4.35. The summed E-state index contributed by atoms with van der Waals surface area (Å²) in [4.78, 5) is 33.9. The van der Waals surface area contributed by atoms with Gasteiger partial charge < -0.3 is 19.0 Å². The molecule has 1 saturated carbocycles. The number of rotatable bonds is 1. The number of ketones is 1. The largest absolute Gasteiger partial charge is 0.378 e. The van der Waals surface area contributed by atoms with E-state index in [1.807, 2.05) is 0 Å². The zero-order valence-corrected chi connectivity index (χ0v) is 17.6. The lowest BCUT2D eigenvalue weighted by molar-refractivity contribution is -0.128. The third-order valence-corrected chi connectivity index (χ3v) is 7.65. The first-order valence-corrected chi connectivity index (χ1v) is 11.5. The Morgan fingerprint density at radius 2 is 1.77 bits per heavy atom. The Labute approximate surface area is 179 Å². The Morgan fingerprint density at radius 3 is 2.61 bits per heavy atom. The van der Waals surface area contributed by atoms with Gasteiger partial charge in [0, 0.05) is 37.2 Å². The third-order valence-electron chi connectivity index (χ3n) is 7.65. The fourth-order valence-corrected chi connectivity index (χ4v) is 6.03. The van der Waals surface area contributed by atoms with Gasteiger partial charge in [-0.2, -0.15) is 0 Å². The standard InChI is InChI=1S/C23H27N3O5/c27-16-7-1-2-8-22(16)9-3-5-14-17(26-31-19(14)22)20-24-18-15(21(28)25-20)6-4-11-30-23(18)10-12-29-13-23/h1-13H2,(H,24,25,28)/t22-,23+/m1/s1. The molecule has 2 fully saturated rings. The van der Waals surface area contributed by atoms with Crippen LogP contribution in [0.25, 0.3) is 11.5 Å². The average Bonchev–Trinajstić information content (AvgIpc) is 3.38. The number of fused-ring (bicyclic) bond motifs is 4. The summed E-state index contributed by atoms with van der Waals surface area (Å²) in [7, 11) is 0. The zero-order valence-electron chi connectivity index (χ0n) is 17.6. The van der Waals surface area contributed by atoms with Crippen LogP contribution in [-0.2, 0) is 38.1 Å². The number of hydrogen-bond donors (Lipinski definition) is 1. The van der Waals surface area contributed by atoms with Gasteiger partial charge in [-0.15, -0.1) is 0 Å². The summed E-state index contributed by atoms with van der Waals surface area (Å²) >= 11 is 0. The smallest absolute Gasteiger partial charge is 0.254 e. The van der Waals surface area contributed by atoms with Gasteiger partial charge in [0.25, 0.3) is 5.56 Å². The lowest BCUT2D eigenvalue weighted by Gasteiger charge is -2.36. The molecule has 2 atom stereocenters. The van der Waals surface area contributed by atoms with E-state index in [2.05, 4.69) is 10.1 Å². The van der Waals surface area contributed by atoms with Crippen molar-refractivity contribution in [3.05, 3.63) is 32.9 Å². The van der Waals surface area contributed by atoms with Crippen LogP contribution in [0.15, 0.2) is 9.32 Å². The van der Waals surface area contributed by atoms with Crippen molar-refractivity contribution in [2.24, 2.45) is 0 Å². The molecule has 8 nitrogen and oxygen atoms in total. The van der Waals surface area contributed by atoms with E-state index in [9.17, 15) is 9.59 Å². The Balaban J connectivity index is 1.49. The maximum absolute atomic E-state index is 13.1. The second-order valence-electron chi connectivity index (χ2n) is 9.40. The number of aromatic amines is 1. The highest BCUT2D eigenvalue weighted by atomic mass is 16.6. The van der Waals surface area contributed by atoms with Crippen molar-refractivity contribution in [3.8, 4) is 11.5 Å². The van der Waals surface area contributed by atoms with Crippen LogP contribution in [0.3, 0.4) is 0 Å². The minimum Gasteiger partial charge on any atom is -0.378 e. The van der Waals surface area contributed by atoms with Crippen molar-refractivity contribution >= 4 is 5.78 Å². The predicted octanol–water partition coefficient (Wildman–Crippen LogP) is 2.72. The molecule has 2 aliphatic heterocycles. The molecule has 31 heavy (non-hydrogen) atoms. The molecule has 6 rings (SSSR count). The highest BCUT2D eigenvalue weighted by molar-refractivity contribution is 5.91. The van der Waals surface area contributed by atoms with E-state index in [0.29, 0.717) is 67.6 Å². The Hall–Kier alpha value is -2.32. The Bertz CT molecular complexity index is 1100. The van der Waals surface area contributed by atoms with Crippen LogP contribution in [0.5, 0.6) is 0 Å². The van der Waals surface area contributed by atoms with E-state index in [4.69, 9.17) is 19.0 Å². The highest BCUT2D eigenvalue weighted by Gasteiger charge is 2.49. The molecule has 0 radical (unpaired) electrons. The summed E-state index contributed by atoms with van der Waals surface area (Å²) in [6.07, 6.45) is 7.98. The maximum atomic E-state index is 13.1. The number of ether oxygens (including phenoxy) is 2. The normalized spacial score (nSPS) is 30.4. The molecular weight excluding hydrogens is 398 g/mol. The molecule has 0 aromatic carbocycles. The van der Waals surface area contributed by atoms with Gasteiger partial charge in [-0.25, -0.2) is 4.98 Å². The first-order valence-electron chi connectivity index (χ1n) is 11.5. The van der Waals surface area contributed by atoms with Crippen molar-refractivity contribution in [3.63, 3.8) is 0 Å². The monoisotopic (exact) mass is 425 g/mol. The van der Waals surface area contributed by atoms with Crippen LogP contribution >= 0.6 is 0 Å². The second-order valence-corrected chi connectivity index (χ2v) is 9.40. The number of nitrogens with zero attached hydrogens (tertiary/aromatic N) is 2. The summed E-state index contributed by atoms with van der Waals surface area (Å²) < 4.78 is 17.7. The van der Waals surface area contributed by atoms with Crippen molar-refractivity contribution in [1.82, 2.24) is 15.1 Å². The molecule has 0 amide bonds. The summed E-state index contributed by atoms with van der Waals surface area (Å²) in [6, 6.07) is 0. The molecule has 8 heteroatoms. The van der Waals surface area contributed by atoms with E-state index in [0.717, 1.165) is 50.5 Å². The van der Waals surface area contributed by atoms with Crippen molar-refractivity contribution < 1.29 is 18.8 Å². The van der Waals surface area contributed by atoms with Crippen LogP contribution in [0.4, 0.5) is 0 Å². The number of carbonyl (C=O) groups excluding carboxylic acids is 1. The Morgan fingerprint density at radius 1 is 0.903 bits per heavy atom. The molecule has 2 aromatic heterocycles. The number of Topliss-reactive ketones (excluding diaryl/α,β-unsaturated/α-hetero) is 1. The minimum absolute atomic E-state index is 0.146. The molecule has 1 N–H and O–H groups in total. The summed E-state index contributed by atoms with van der Waals surface area (Å²) in [5.74, 6) is 1.37. The van der Waals surface area contributed by atoms with E-state index >= 15 is 0 Å². The molecule has 1 saturated heterocycles. The maximum Gasteiger partial charge on any atom is 0.254 e. The van der Waals surface area contributed by atoms with Crippen LogP contribution in [0.1, 0.15) is 73.9 Å². The number of hydrogen-bond acceptors (Lipinski definition) is 7. The fourth-order valence-electron chi connectivity index (χ4n) is 6.03. The first kappa shape index (κ1) is 19.4. The molecule has 164 valence electrons. The van der Waals surface area contributed by atoms with Gasteiger partial charge >= 0.3 is 0 Å². The summed E-state index contributed by atoms with van der Waals surface area (Å²) in [5.41, 5.74) is 1.49. The van der Waals surface area contributed by atoms with Gasteiger partial charge in [-0.05, 0) is 44.9 Å². The first-order chi connectivity index (χ1) is 15.1. The van der Waals surface area contributed by atoms with Crippen molar-refractivity contribution in [2.45, 2.75) is 75.2 Å². The molecule has 2 aromatic rings. The quantitative estimate of drug-likeness (QED) is 0.748. The minimum atomic E-state index is -0.667. The van der Waals surface area contributed by atoms with Gasteiger partial charge in [0.15, 0.2) is 17.3 Å². The number of H-pyrrole nitrogens is 1. The van der Waals surface area contributed by atoms with Crippen molar-refractivity contribution in [2.75, 3.05) is 19.8 Å². The van der Waals surface area contributed by atoms with E-state index in [-0.39, 0.29) is 11.3 Å². The highest BCUT2D eigenvalue weighted by Crippen LogP contribution is 2.47. The van der Waals surface area contributed by atoms with E-state index in [1.54, 1.807) is 0 Å². The summed E-state index contributed by atoms with van der Waals surface area (Å²) in [6.45, 7) is 1.58. The molecule has 2 spiro atoms. The molecule has 2 aliphatic carbocycles. The molecule has 4 aliphatic rings. The second kappa shape index (κ2) is 7.10. The third kappa shape index (κ3) is 2.80. The Kier molecular flexibility index (Phi) is 4.44. The van der Waals surface area contributed by atoms with Crippen LogP contribution in [0.2, 0.25) is 0 Å². The molecule has 4 heterocycles. The predicted molar refractivity (Wildman–Crippen MR) is 110 cm³/mol. The van der Waals surface area contributed by atoms with Gasteiger partial charge in [-0.3, -0.25) is 9.59 Å². The van der Waals surface area contributed by atoms with Crippen LogP contribution < -0.4 is 5.56 Å². The fraction of sp³-hybridized carbons (Fsp3) is 0.652. The van der Waals surface area contributed by atoms with Gasteiger partial charge in [0.2, 0.25) is 0 Å². The lowest BCUT2D eigenvalue weighted by Crippen LogP contribution is -2.41. The van der Waals surface area contributed by atoms with Gasteiger partial charge in [0.1, 0.15) is 11.4 Å². The average molecular weight is 425 g/mol. The van der Waals surface area contributed by atoms with Gasteiger partial charge in [0.05, 0.1) is 17.7 Å². The van der Waals surface area contributed by atoms with E-state index in [1.165, 1.54) is 0 Å². The number of nitrogens with one attached hydrogen (secondary N) is 1. The molecular formula is C23H27N3O5. The van der Waals surface area contributed by atoms with Gasteiger partial charge in [-0.1, -0.05) is 11.6 Å².